The minimum Gasteiger partial charge on any atom is -0.355 e. The molecular formula is C9H18N2O2S. The predicted molar refractivity (Wildman–Crippen MR) is 59.4 cm³/mol. The molecule has 0 heterocycles. The molecule has 2 amide bonds. The van der Waals surface area contributed by atoms with Gasteiger partial charge in [-0.2, -0.15) is 12.6 Å². The van der Waals surface area contributed by atoms with Crippen LogP contribution >= 0.6 is 12.6 Å². The summed E-state index contributed by atoms with van der Waals surface area (Å²) in [5.41, 5.74) is 0. The van der Waals surface area contributed by atoms with Crippen LogP contribution in [-0.4, -0.2) is 29.1 Å². The van der Waals surface area contributed by atoms with Gasteiger partial charge in [-0.1, -0.05) is 0 Å². The van der Waals surface area contributed by atoms with Crippen LogP contribution in [0.25, 0.3) is 0 Å². The summed E-state index contributed by atoms with van der Waals surface area (Å²) in [4.78, 5) is 22.4. The van der Waals surface area contributed by atoms with Crippen molar-refractivity contribution in [3.05, 3.63) is 0 Å². The molecule has 1 atom stereocenters. The van der Waals surface area contributed by atoms with Gasteiger partial charge in [-0.25, -0.2) is 0 Å². The normalized spacial score (nSPS) is 13.2. The summed E-state index contributed by atoms with van der Waals surface area (Å²) in [6.45, 7) is 7.32. The summed E-state index contributed by atoms with van der Waals surface area (Å²) >= 11 is 4.28. The molecule has 0 bridgehead atoms. The average molecular weight is 218 g/mol. The second kappa shape index (κ2) is 5.24. The molecule has 0 aromatic rings. The average Bonchev–Trinajstić information content (AvgIpc) is 1.98. The summed E-state index contributed by atoms with van der Waals surface area (Å²) in [5, 5.41) is 5.23. The number of carbonyl (C=O) groups is 2. The highest BCUT2D eigenvalue weighted by atomic mass is 32.1. The van der Waals surface area contributed by atoms with E-state index in [1.807, 2.05) is 6.92 Å². The number of amides is 2. The van der Waals surface area contributed by atoms with Gasteiger partial charge in [-0.05, 0) is 20.8 Å². The molecule has 14 heavy (non-hydrogen) atoms. The van der Waals surface area contributed by atoms with Gasteiger partial charge in [0.15, 0.2) is 0 Å². The monoisotopic (exact) mass is 218 g/mol. The Morgan fingerprint density at radius 1 is 1.43 bits per heavy atom. The quantitative estimate of drug-likeness (QED) is 0.596. The fourth-order valence-electron chi connectivity index (χ4n) is 1.04. The SMILES string of the molecule is CCNC(=O)C(NC(C)=O)C(C)(C)S. The molecule has 82 valence electrons. The van der Waals surface area contributed by atoms with E-state index in [4.69, 9.17) is 0 Å². The zero-order chi connectivity index (χ0) is 11.4. The number of likely N-dealkylation sites (N-methyl/N-ethyl adjacent to an activating group) is 1. The Bertz CT molecular complexity index is 223. The number of rotatable bonds is 4. The van der Waals surface area contributed by atoms with Gasteiger partial charge < -0.3 is 10.6 Å². The fraction of sp³-hybridized carbons (Fsp3) is 0.778. The highest BCUT2D eigenvalue weighted by Gasteiger charge is 2.32. The van der Waals surface area contributed by atoms with Crippen LogP contribution < -0.4 is 10.6 Å². The van der Waals surface area contributed by atoms with Crippen molar-refractivity contribution in [2.24, 2.45) is 0 Å². The summed E-state index contributed by atoms with van der Waals surface area (Å²) < 4.78 is -0.578. The van der Waals surface area contributed by atoms with Crippen LogP contribution in [-0.2, 0) is 9.59 Å². The Balaban J connectivity index is 4.55. The van der Waals surface area contributed by atoms with Crippen LogP contribution in [0.3, 0.4) is 0 Å². The molecule has 0 aromatic carbocycles. The van der Waals surface area contributed by atoms with Gasteiger partial charge in [0, 0.05) is 18.2 Å². The second-order valence-electron chi connectivity index (χ2n) is 3.68. The third kappa shape index (κ3) is 4.50. The van der Waals surface area contributed by atoms with Gasteiger partial charge in [0.05, 0.1) is 0 Å². The molecule has 0 aliphatic rings. The van der Waals surface area contributed by atoms with Gasteiger partial charge in [-0.3, -0.25) is 9.59 Å². The molecule has 0 rings (SSSR count). The minimum absolute atomic E-state index is 0.206. The Morgan fingerprint density at radius 2 is 1.93 bits per heavy atom. The number of thiol groups is 1. The molecule has 0 aromatic heterocycles. The van der Waals surface area contributed by atoms with Crippen molar-refractivity contribution in [1.82, 2.24) is 10.6 Å². The zero-order valence-electron chi connectivity index (χ0n) is 9.05. The summed E-state index contributed by atoms with van der Waals surface area (Å²) in [7, 11) is 0. The number of hydrogen-bond acceptors (Lipinski definition) is 3. The van der Waals surface area contributed by atoms with Gasteiger partial charge in [0.1, 0.15) is 6.04 Å². The van der Waals surface area contributed by atoms with E-state index in [-0.39, 0.29) is 11.8 Å². The lowest BCUT2D eigenvalue weighted by Crippen LogP contribution is -2.55. The molecule has 0 saturated heterocycles. The van der Waals surface area contributed by atoms with Crippen LogP contribution in [0.15, 0.2) is 0 Å². The van der Waals surface area contributed by atoms with Gasteiger partial charge >= 0.3 is 0 Å². The maximum absolute atomic E-state index is 11.6. The summed E-state index contributed by atoms with van der Waals surface area (Å²) in [6.07, 6.45) is 0. The molecule has 0 saturated carbocycles. The number of nitrogens with one attached hydrogen (secondary N) is 2. The van der Waals surface area contributed by atoms with E-state index in [1.165, 1.54) is 6.92 Å². The molecule has 0 aliphatic carbocycles. The smallest absolute Gasteiger partial charge is 0.243 e. The summed E-state index contributed by atoms with van der Waals surface area (Å²) in [6, 6.07) is -0.608. The third-order valence-corrected chi connectivity index (χ3v) is 1.93. The molecule has 0 fully saturated rings. The largest absolute Gasteiger partial charge is 0.355 e. The van der Waals surface area contributed by atoms with E-state index >= 15 is 0 Å². The highest BCUT2D eigenvalue weighted by Crippen LogP contribution is 2.17. The Hall–Kier alpha value is -0.710. The molecule has 0 spiro atoms. The van der Waals surface area contributed by atoms with Gasteiger partial charge in [0.25, 0.3) is 0 Å². The van der Waals surface area contributed by atoms with Crippen LogP contribution in [0.4, 0.5) is 0 Å². The molecular weight excluding hydrogens is 200 g/mol. The van der Waals surface area contributed by atoms with Crippen molar-refractivity contribution in [2.45, 2.75) is 38.5 Å². The van der Waals surface area contributed by atoms with E-state index in [2.05, 4.69) is 23.3 Å². The lowest BCUT2D eigenvalue weighted by atomic mass is 10.0. The van der Waals surface area contributed by atoms with E-state index in [0.29, 0.717) is 6.54 Å². The number of carbonyl (C=O) groups excluding carboxylic acids is 2. The lowest BCUT2D eigenvalue weighted by molar-refractivity contribution is -0.128. The van der Waals surface area contributed by atoms with Crippen LogP contribution in [0.5, 0.6) is 0 Å². The molecule has 1 unspecified atom stereocenters. The molecule has 0 radical (unpaired) electrons. The van der Waals surface area contributed by atoms with Crippen molar-refractivity contribution < 1.29 is 9.59 Å². The van der Waals surface area contributed by atoms with Crippen molar-refractivity contribution >= 4 is 24.4 Å². The lowest BCUT2D eigenvalue weighted by Gasteiger charge is -2.28. The third-order valence-electron chi connectivity index (χ3n) is 1.67. The standard InChI is InChI=1S/C9H18N2O2S/c1-5-10-8(13)7(9(3,4)14)11-6(2)12/h7,14H,5H2,1-4H3,(H,10,13)(H,11,12). The number of hydrogen-bond donors (Lipinski definition) is 3. The Morgan fingerprint density at radius 3 is 2.21 bits per heavy atom. The first-order valence-electron chi connectivity index (χ1n) is 4.56. The van der Waals surface area contributed by atoms with E-state index in [1.54, 1.807) is 13.8 Å². The van der Waals surface area contributed by atoms with E-state index in [0.717, 1.165) is 0 Å². The van der Waals surface area contributed by atoms with Crippen LogP contribution in [0, 0.1) is 0 Å². The molecule has 4 nitrogen and oxygen atoms in total. The Labute approximate surface area is 90.2 Å². The highest BCUT2D eigenvalue weighted by molar-refractivity contribution is 7.81. The van der Waals surface area contributed by atoms with Crippen molar-refractivity contribution in [3.63, 3.8) is 0 Å². The first-order chi connectivity index (χ1) is 6.29. The zero-order valence-corrected chi connectivity index (χ0v) is 9.94. The summed E-state index contributed by atoms with van der Waals surface area (Å²) in [5.74, 6) is -0.439. The second-order valence-corrected chi connectivity index (χ2v) is 4.83. The predicted octanol–water partition coefficient (Wildman–Crippen LogP) is 0.336. The van der Waals surface area contributed by atoms with Crippen LogP contribution in [0.1, 0.15) is 27.7 Å². The van der Waals surface area contributed by atoms with Gasteiger partial charge in [-0.15, -0.1) is 0 Å². The topological polar surface area (TPSA) is 58.2 Å². The van der Waals surface area contributed by atoms with Gasteiger partial charge in [0.2, 0.25) is 11.8 Å². The maximum Gasteiger partial charge on any atom is 0.243 e. The maximum atomic E-state index is 11.6. The molecule has 2 N–H and O–H groups in total. The molecule has 0 aliphatic heterocycles. The molecule has 5 heteroatoms. The van der Waals surface area contributed by atoms with Crippen molar-refractivity contribution in [3.8, 4) is 0 Å². The minimum atomic E-state index is -0.608. The van der Waals surface area contributed by atoms with Crippen molar-refractivity contribution in [1.29, 1.82) is 0 Å². The first-order valence-corrected chi connectivity index (χ1v) is 5.01. The Kier molecular flexibility index (Phi) is 4.97. The van der Waals surface area contributed by atoms with Crippen molar-refractivity contribution in [2.75, 3.05) is 6.54 Å². The first kappa shape index (κ1) is 13.3. The van der Waals surface area contributed by atoms with E-state index in [9.17, 15) is 9.59 Å². The fourth-order valence-corrected chi connectivity index (χ4v) is 1.22. The van der Waals surface area contributed by atoms with Crippen LogP contribution in [0.2, 0.25) is 0 Å². The van der Waals surface area contributed by atoms with E-state index < -0.39 is 10.8 Å².